The number of ether oxygens (including phenoxy) is 1. The number of nitroso groups, excluding NO2 is 1. The third-order valence-corrected chi connectivity index (χ3v) is 1.49. The fraction of sp³-hybridized carbons (Fsp3) is 0.714. The SMILES string of the molecule is CCOC(=O)C(N=O)C(=O)C(C)Cl. The number of rotatable bonds is 5. The van der Waals surface area contributed by atoms with Crippen molar-refractivity contribution >= 4 is 23.4 Å². The van der Waals surface area contributed by atoms with Crippen molar-refractivity contribution in [2.24, 2.45) is 5.18 Å². The van der Waals surface area contributed by atoms with Crippen LogP contribution in [0.1, 0.15) is 13.8 Å². The molecule has 0 aromatic carbocycles. The van der Waals surface area contributed by atoms with Gasteiger partial charge in [0.1, 0.15) is 0 Å². The highest BCUT2D eigenvalue weighted by Crippen LogP contribution is 2.05. The summed E-state index contributed by atoms with van der Waals surface area (Å²) in [4.78, 5) is 32.1. The van der Waals surface area contributed by atoms with Crippen LogP contribution in [0.15, 0.2) is 5.18 Å². The van der Waals surface area contributed by atoms with Crippen LogP contribution < -0.4 is 0 Å². The predicted octanol–water partition coefficient (Wildman–Crippen LogP) is 0.881. The molecule has 0 spiro atoms. The molecule has 74 valence electrons. The molecule has 0 aromatic rings. The van der Waals surface area contributed by atoms with Gasteiger partial charge in [-0.15, -0.1) is 16.5 Å². The van der Waals surface area contributed by atoms with Crippen LogP contribution in [0.4, 0.5) is 0 Å². The molecule has 0 aliphatic rings. The van der Waals surface area contributed by atoms with Gasteiger partial charge in [0.15, 0.2) is 5.78 Å². The number of carbonyl (C=O) groups excluding carboxylic acids is 2. The van der Waals surface area contributed by atoms with Crippen LogP contribution >= 0.6 is 11.6 Å². The van der Waals surface area contributed by atoms with E-state index in [0.29, 0.717) is 0 Å². The molecule has 2 unspecified atom stereocenters. The van der Waals surface area contributed by atoms with Crippen molar-refractivity contribution in [3.05, 3.63) is 4.91 Å². The lowest BCUT2D eigenvalue weighted by atomic mass is 10.1. The van der Waals surface area contributed by atoms with Gasteiger partial charge in [0, 0.05) is 0 Å². The molecule has 5 nitrogen and oxygen atoms in total. The molecular weight excluding hydrogens is 198 g/mol. The second-order valence-electron chi connectivity index (χ2n) is 2.28. The Bertz CT molecular complexity index is 217. The molecule has 0 fully saturated rings. The molecule has 0 rings (SSSR count). The average Bonchev–Trinajstić information content (AvgIpc) is 2.05. The van der Waals surface area contributed by atoms with Crippen molar-refractivity contribution in [3.8, 4) is 0 Å². The van der Waals surface area contributed by atoms with Gasteiger partial charge in [-0.3, -0.25) is 4.79 Å². The molecule has 2 atom stereocenters. The number of hydrogen-bond donors (Lipinski definition) is 0. The van der Waals surface area contributed by atoms with Crippen LogP contribution in [-0.2, 0) is 14.3 Å². The first kappa shape index (κ1) is 12.0. The van der Waals surface area contributed by atoms with Crippen LogP contribution in [0.5, 0.6) is 0 Å². The number of halogens is 1. The molecule has 0 heterocycles. The Kier molecular flexibility index (Phi) is 5.22. The van der Waals surface area contributed by atoms with Gasteiger partial charge in [0.2, 0.25) is 6.04 Å². The van der Waals surface area contributed by atoms with E-state index in [4.69, 9.17) is 11.6 Å². The molecule has 13 heavy (non-hydrogen) atoms. The van der Waals surface area contributed by atoms with E-state index in [-0.39, 0.29) is 6.61 Å². The molecular formula is C7H10ClNO4. The molecule has 0 amide bonds. The molecule has 0 aliphatic carbocycles. The summed E-state index contributed by atoms with van der Waals surface area (Å²) in [7, 11) is 0. The topological polar surface area (TPSA) is 72.8 Å². The van der Waals surface area contributed by atoms with Crippen molar-refractivity contribution in [2.75, 3.05) is 6.61 Å². The zero-order chi connectivity index (χ0) is 10.4. The van der Waals surface area contributed by atoms with Gasteiger partial charge in [-0.2, -0.15) is 0 Å². The summed E-state index contributed by atoms with van der Waals surface area (Å²) in [6, 6.07) is -1.63. The smallest absolute Gasteiger partial charge is 0.342 e. The summed E-state index contributed by atoms with van der Waals surface area (Å²) in [5, 5.41) is 1.45. The van der Waals surface area contributed by atoms with Gasteiger partial charge in [-0.25, -0.2) is 4.79 Å². The lowest BCUT2D eigenvalue weighted by Gasteiger charge is -2.07. The fourth-order valence-corrected chi connectivity index (χ4v) is 0.769. The molecule has 0 radical (unpaired) electrons. The van der Waals surface area contributed by atoms with E-state index >= 15 is 0 Å². The van der Waals surface area contributed by atoms with E-state index in [2.05, 4.69) is 9.91 Å². The Morgan fingerprint density at radius 2 is 2.08 bits per heavy atom. The average molecular weight is 208 g/mol. The maximum atomic E-state index is 11.1. The molecule has 0 bridgehead atoms. The Hall–Kier alpha value is -0.970. The largest absolute Gasteiger partial charge is 0.464 e. The van der Waals surface area contributed by atoms with Crippen molar-refractivity contribution in [2.45, 2.75) is 25.3 Å². The van der Waals surface area contributed by atoms with Crippen molar-refractivity contribution in [1.82, 2.24) is 0 Å². The van der Waals surface area contributed by atoms with Gasteiger partial charge < -0.3 is 4.74 Å². The van der Waals surface area contributed by atoms with E-state index in [0.717, 1.165) is 0 Å². The maximum Gasteiger partial charge on any atom is 0.342 e. The normalized spacial score (nSPS) is 14.4. The number of nitrogens with zero attached hydrogens (tertiary/aromatic N) is 1. The monoisotopic (exact) mass is 207 g/mol. The highest BCUT2D eigenvalue weighted by molar-refractivity contribution is 6.33. The van der Waals surface area contributed by atoms with E-state index in [1.54, 1.807) is 6.92 Å². The predicted molar refractivity (Wildman–Crippen MR) is 46.5 cm³/mol. The third kappa shape index (κ3) is 3.50. The molecule has 6 heteroatoms. The minimum atomic E-state index is -1.63. The second kappa shape index (κ2) is 5.64. The van der Waals surface area contributed by atoms with Crippen molar-refractivity contribution < 1.29 is 14.3 Å². The second-order valence-corrected chi connectivity index (χ2v) is 2.93. The quantitative estimate of drug-likeness (QED) is 0.290. The van der Waals surface area contributed by atoms with E-state index in [1.165, 1.54) is 6.92 Å². The number of alkyl halides is 1. The fourth-order valence-electron chi connectivity index (χ4n) is 0.650. The lowest BCUT2D eigenvalue weighted by molar-refractivity contribution is -0.147. The molecule has 0 N–H and O–H groups in total. The first-order valence-corrected chi connectivity index (χ1v) is 4.15. The molecule has 0 saturated carbocycles. The first-order chi connectivity index (χ1) is 6.04. The van der Waals surface area contributed by atoms with Gasteiger partial charge in [-0.1, -0.05) is 0 Å². The van der Waals surface area contributed by atoms with Crippen LogP contribution in [0.2, 0.25) is 0 Å². The lowest BCUT2D eigenvalue weighted by Crippen LogP contribution is -2.34. The Balaban J connectivity index is 4.41. The Labute approximate surface area is 80.4 Å². The number of hydrogen-bond acceptors (Lipinski definition) is 5. The highest BCUT2D eigenvalue weighted by Gasteiger charge is 2.31. The van der Waals surface area contributed by atoms with Crippen LogP contribution in [-0.4, -0.2) is 29.8 Å². The van der Waals surface area contributed by atoms with Gasteiger partial charge in [-0.05, 0) is 19.0 Å². The summed E-state index contributed by atoms with van der Waals surface area (Å²) in [6.45, 7) is 3.02. The van der Waals surface area contributed by atoms with E-state index < -0.39 is 23.2 Å². The minimum absolute atomic E-state index is 0.0921. The Morgan fingerprint density at radius 3 is 2.38 bits per heavy atom. The molecule has 0 aliphatic heterocycles. The summed E-state index contributed by atoms with van der Waals surface area (Å²) < 4.78 is 4.45. The van der Waals surface area contributed by atoms with Crippen molar-refractivity contribution in [3.63, 3.8) is 0 Å². The Morgan fingerprint density at radius 1 is 1.54 bits per heavy atom. The summed E-state index contributed by atoms with van der Waals surface area (Å²) in [6.07, 6.45) is 0. The molecule has 0 aromatic heterocycles. The van der Waals surface area contributed by atoms with Gasteiger partial charge >= 0.3 is 5.97 Å². The summed E-state index contributed by atoms with van der Waals surface area (Å²) in [5.41, 5.74) is 0. The highest BCUT2D eigenvalue weighted by atomic mass is 35.5. The number of ketones is 1. The van der Waals surface area contributed by atoms with E-state index in [1.807, 2.05) is 0 Å². The third-order valence-electron chi connectivity index (χ3n) is 1.28. The van der Waals surface area contributed by atoms with Crippen LogP contribution in [0.3, 0.4) is 0 Å². The standard InChI is InChI=1S/C7H10ClNO4/c1-3-13-7(11)5(9-12)6(10)4(2)8/h4-5H,3H2,1-2H3. The van der Waals surface area contributed by atoms with Crippen LogP contribution in [0.25, 0.3) is 0 Å². The maximum absolute atomic E-state index is 11.1. The van der Waals surface area contributed by atoms with Gasteiger partial charge in [0.05, 0.1) is 12.0 Å². The first-order valence-electron chi connectivity index (χ1n) is 3.71. The number of Topliss-reactive ketones (excluding diaryl/α,β-unsaturated/α-hetero) is 1. The number of esters is 1. The molecule has 0 saturated heterocycles. The van der Waals surface area contributed by atoms with Crippen molar-refractivity contribution in [1.29, 1.82) is 0 Å². The summed E-state index contributed by atoms with van der Waals surface area (Å²) >= 11 is 5.39. The van der Waals surface area contributed by atoms with Gasteiger partial charge in [0.25, 0.3) is 0 Å². The number of carbonyl (C=O) groups is 2. The summed E-state index contributed by atoms with van der Waals surface area (Å²) in [5.74, 6) is -1.69. The zero-order valence-corrected chi connectivity index (χ0v) is 8.08. The van der Waals surface area contributed by atoms with E-state index in [9.17, 15) is 14.5 Å². The van der Waals surface area contributed by atoms with Crippen LogP contribution in [0, 0.1) is 4.91 Å². The zero-order valence-electron chi connectivity index (χ0n) is 7.32. The minimum Gasteiger partial charge on any atom is -0.464 e.